The largest absolute Gasteiger partial charge is 0.496 e. The van der Waals surface area contributed by atoms with Crippen LogP contribution in [0.15, 0.2) is 76.1 Å². The van der Waals surface area contributed by atoms with Crippen molar-refractivity contribution in [2.24, 2.45) is 0 Å². The zero-order valence-electron chi connectivity index (χ0n) is 17.4. The average Bonchev–Trinajstić information content (AvgIpc) is 3.42. The van der Waals surface area contributed by atoms with Crippen LogP contribution in [0.25, 0.3) is 22.1 Å². The van der Waals surface area contributed by atoms with Crippen molar-refractivity contribution in [2.75, 3.05) is 7.11 Å². The van der Waals surface area contributed by atoms with Gasteiger partial charge < -0.3 is 4.74 Å². The number of hydrogen-bond donors (Lipinski definition) is 0. The molecule has 3 heterocycles. The van der Waals surface area contributed by atoms with Crippen LogP contribution in [0.2, 0.25) is 0 Å². The molecule has 0 bridgehead atoms. The van der Waals surface area contributed by atoms with E-state index in [1.165, 1.54) is 25.0 Å². The highest BCUT2D eigenvalue weighted by Crippen LogP contribution is 2.21. The quantitative estimate of drug-likeness (QED) is 0.401. The molecular formula is C24H20N4O3S. The lowest BCUT2D eigenvalue weighted by atomic mass is 10.1. The molecule has 5 rings (SSSR count). The summed E-state index contributed by atoms with van der Waals surface area (Å²) >= 11 is 1.32. The average molecular weight is 445 g/mol. The Balaban J connectivity index is 1.70. The highest BCUT2D eigenvalue weighted by Gasteiger charge is 2.19. The van der Waals surface area contributed by atoms with Crippen LogP contribution in [0.1, 0.15) is 16.7 Å². The van der Waals surface area contributed by atoms with Gasteiger partial charge in [-0.15, -0.1) is 16.4 Å². The Hall–Kier alpha value is -3.91. The van der Waals surface area contributed by atoms with Gasteiger partial charge in [-0.05, 0) is 28.6 Å². The fourth-order valence-electron chi connectivity index (χ4n) is 3.82. The van der Waals surface area contributed by atoms with Crippen LogP contribution >= 0.6 is 11.3 Å². The molecule has 0 amide bonds. The third-order valence-corrected chi connectivity index (χ3v) is 6.35. The zero-order valence-corrected chi connectivity index (χ0v) is 18.2. The van der Waals surface area contributed by atoms with E-state index >= 15 is 0 Å². The van der Waals surface area contributed by atoms with Gasteiger partial charge in [-0.2, -0.15) is 0 Å². The highest BCUT2D eigenvalue weighted by atomic mass is 32.1. The van der Waals surface area contributed by atoms with E-state index < -0.39 is 0 Å². The molecule has 0 N–H and O–H groups in total. The van der Waals surface area contributed by atoms with Crippen LogP contribution in [0.3, 0.4) is 0 Å². The molecule has 2 aromatic carbocycles. The van der Waals surface area contributed by atoms with Gasteiger partial charge >= 0.3 is 5.69 Å². The third-order valence-electron chi connectivity index (χ3n) is 5.46. The third kappa shape index (κ3) is 3.25. The molecule has 0 radical (unpaired) electrons. The van der Waals surface area contributed by atoms with Crippen molar-refractivity contribution in [1.29, 1.82) is 0 Å². The first-order valence-electron chi connectivity index (χ1n) is 10.0. The first-order valence-corrected chi connectivity index (χ1v) is 10.9. The van der Waals surface area contributed by atoms with Crippen molar-refractivity contribution in [3.8, 4) is 5.75 Å². The fourth-order valence-corrected chi connectivity index (χ4v) is 4.64. The molecule has 0 aliphatic carbocycles. The Bertz CT molecular complexity index is 1570. The summed E-state index contributed by atoms with van der Waals surface area (Å²) in [5.41, 5.74) is 2.87. The second kappa shape index (κ2) is 7.97. The highest BCUT2D eigenvalue weighted by molar-refractivity contribution is 7.17. The summed E-state index contributed by atoms with van der Waals surface area (Å²) in [6.45, 7) is 4.30. The van der Waals surface area contributed by atoms with E-state index in [1.807, 2.05) is 53.9 Å². The Morgan fingerprint density at radius 1 is 1.06 bits per heavy atom. The summed E-state index contributed by atoms with van der Waals surface area (Å²) in [7, 11) is 1.59. The van der Waals surface area contributed by atoms with Crippen molar-refractivity contribution in [3.05, 3.63) is 104 Å². The molecule has 160 valence electrons. The second-order valence-electron chi connectivity index (χ2n) is 7.36. The Morgan fingerprint density at radius 3 is 2.59 bits per heavy atom. The minimum absolute atomic E-state index is 0.180. The predicted octanol–water partition coefficient (Wildman–Crippen LogP) is 3.62. The zero-order chi connectivity index (χ0) is 22.2. The van der Waals surface area contributed by atoms with Gasteiger partial charge in [-0.3, -0.25) is 9.36 Å². The van der Waals surface area contributed by atoms with Gasteiger partial charge in [0.25, 0.3) is 5.56 Å². The number of nitrogens with zero attached hydrogens (tertiary/aromatic N) is 4. The number of methoxy groups -OCH3 is 1. The summed E-state index contributed by atoms with van der Waals surface area (Å²) in [5.74, 6) is 0.979. The van der Waals surface area contributed by atoms with E-state index in [-0.39, 0.29) is 17.8 Å². The van der Waals surface area contributed by atoms with Crippen molar-refractivity contribution in [1.82, 2.24) is 18.7 Å². The summed E-state index contributed by atoms with van der Waals surface area (Å²) in [6, 6.07) is 17.1. The van der Waals surface area contributed by atoms with Crippen LogP contribution in [-0.2, 0) is 13.1 Å². The molecule has 7 nitrogen and oxygen atoms in total. The SMILES string of the molecule is C=Cc1ccc(Cn2nc3n(Cc4ccccc4OC)c(=O)c4sccc4n3c2=O)cc1. The molecule has 0 unspecified atom stereocenters. The molecule has 0 aliphatic rings. The lowest BCUT2D eigenvalue weighted by Crippen LogP contribution is -2.26. The van der Waals surface area contributed by atoms with Gasteiger partial charge in [0.2, 0.25) is 5.78 Å². The van der Waals surface area contributed by atoms with Crippen LogP contribution in [0.5, 0.6) is 5.75 Å². The molecule has 5 aromatic rings. The number of hydrogen-bond acceptors (Lipinski definition) is 5. The monoisotopic (exact) mass is 444 g/mol. The van der Waals surface area contributed by atoms with Gasteiger partial charge in [0.05, 0.1) is 25.7 Å². The van der Waals surface area contributed by atoms with Gasteiger partial charge in [0, 0.05) is 5.56 Å². The smallest absolute Gasteiger partial charge is 0.352 e. The van der Waals surface area contributed by atoms with Gasteiger partial charge in [0.15, 0.2) is 0 Å². The number of aromatic nitrogens is 4. The van der Waals surface area contributed by atoms with Crippen molar-refractivity contribution >= 4 is 33.4 Å². The number of para-hydroxylation sites is 1. The lowest BCUT2D eigenvalue weighted by molar-refractivity contribution is 0.408. The fraction of sp³-hybridized carbons (Fsp3) is 0.125. The first kappa shape index (κ1) is 20.0. The Morgan fingerprint density at radius 2 is 1.84 bits per heavy atom. The maximum Gasteiger partial charge on any atom is 0.352 e. The van der Waals surface area contributed by atoms with Gasteiger partial charge in [0.1, 0.15) is 10.4 Å². The summed E-state index contributed by atoms with van der Waals surface area (Å²) in [6.07, 6.45) is 1.77. The maximum atomic E-state index is 13.3. The van der Waals surface area contributed by atoms with Crippen LogP contribution in [0, 0.1) is 0 Å². The summed E-state index contributed by atoms with van der Waals surface area (Å²) in [4.78, 5) is 26.6. The molecule has 0 fully saturated rings. The van der Waals surface area contributed by atoms with E-state index in [4.69, 9.17) is 4.74 Å². The van der Waals surface area contributed by atoms with Crippen molar-refractivity contribution in [2.45, 2.75) is 13.1 Å². The number of rotatable bonds is 6. The molecule has 0 saturated carbocycles. The van der Waals surface area contributed by atoms with E-state index in [2.05, 4.69) is 11.7 Å². The summed E-state index contributed by atoms with van der Waals surface area (Å²) in [5, 5.41) is 6.38. The number of benzene rings is 2. The minimum Gasteiger partial charge on any atom is -0.496 e. The Kier molecular flexibility index (Phi) is 4.99. The maximum absolute atomic E-state index is 13.3. The molecule has 0 atom stereocenters. The van der Waals surface area contributed by atoms with E-state index in [0.717, 1.165) is 16.7 Å². The van der Waals surface area contributed by atoms with Gasteiger partial charge in [-0.25, -0.2) is 13.9 Å². The van der Waals surface area contributed by atoms with Crippen LogP contribution < -0.4 is 16.0 Å². The molecule has 3 aromatic heterocycles. The number of fused-ring (bicyclic) bond motifs is 3. The normalized spacial score (nSPS) is 11.3. The van der Waals surface area contributed by atoms with Crippen LogP contribution in [0.4, 0.5) is 0 Å². The topological polar surface area (TPSA) is 70.5 Å². The van der Waals surface area contributed by atoms with E-state index in [9.17, 15) is 9.59 Å². The minimum atomic E-state index is -0.287. The Labute approximate surface area is 187 Å². The molecule has 0 saturated heterocycles. The molecule has 0 aliphatic heterocycles. The standard InChI is InChI=1S/C24H20N4O3S/c1-3-16-8-10-17(11-9-16)14-27-24(30)28-19-12-13-32-21(19)22(29)26(23(28)25-27)15-18-6-4-5-7-20(18)31-2/h3-13H,1,14-15H2,2H3. The van der Waals surface area contributed by atoms with Crippen LogP contribution in [-0.4, -0.2) is 25.9 Å². The second-order valence-corrected chi connectivity index (χ2v) is 8.28. The van der Waals surface area contributed by atoms with E-state index in [0.29, 0.717) is 28.3 Å². The molecule has 0 spiro atoms. The van der Waals surface area contributed by atoms with Crippen molar-refractivity contribution in [3.63, 3.8) is 0 Å². The van der Waals surface area contributed by atoms with Gasteiger partial charge in [-0.1, -0.05) is 55.1 Å². The number of ether oxygens (including phenoxy) is 1. The predicted molar refractivity (Wildman–Crippen MR) is 127 cm³/mol. The van der Waals surface area contributed by atoms with E-state index in [1.54, 1.807) is 19.3 Å². The molecular weight excluding hydrogens is 424 g/mol. The molecule has 32 heavy (non-hydrogen) atoms. The summed E-state index contributed by atoms with van der Waals surface area (Å²) < 4.78 is 10.4. The molecule has 8 heteroatoms. The number of thiophene rings is 1. The lowest BCUT2D eigenvalue weighted by Gasteiger charge is -2.11. The van der Waals surface area contributed by atoms with Crippen molar-refractivity contribution < 1.29 is 4.74 Å². The first-order chi connectivity index (χ1) is 15.6.